The van der Waals surface area contributed by atoms with E-state index in [0.29, 0.717) is 0 Å². The second kappa shape index (κ2) is 7.58. The molecule has 2 N–H and O–H groups in total. The van der Waals surface area contributed by atoms with E-state index >= 15 is 0 Å². The lowest BCUT2D eigenvalue weighted by atomic mass is 9.82. The first-order chi connectivity index (χ1) is 17.5. The third-order valence-corrected chi connectivity index (χ3v) is 7.79. The molecule has 0 atom stereocenters. The summed E-state index contributed by atoms with van der Waals surface area (Å²) in [6.45, 7) is 4.60. The third-order valence-electron chi connectivity index (χ3n) is 7.79. The molecule has 0 amide bonds. The quantitative estimate of drug-likeness (QED) is 0.212. The Kier molecular flexibility index (Phi) is 4.42. The number of hydrogen-bond acceptors (Lipinski definition) is 2. The van der Waals surface area contributed by atoms with Gasteiger partial charge in [-0.2, -0.15) is 0 Å². The van der Waals surface area contributed by atoms with E-state index in [0.717, 1.165) is 17.1 Å². The number of rotatable bonds is 3. The topological polar surface area (TPSA) is 34.2 Å². The van der Waals surface area contributed by atoms with Crippen LogP contribution in [0.25, 0.3) is 38.6 Å². The van der Waals surface area contributed by atoms with E-state index in [4.69, 9.17) is 5.84 Å². The van der Waals surface area contributed by atoms with Crippen LogP contribution in [-0.4, -0.2) is 4.57 Å². The Morgan fingerprint density at radius 2 is 1.22 bits per heavy atom. The van der Waals surface area contributed by atoms with Crippen molar-refractivity contribution in [3.8, 4) is 16.8 Å². The van der Waals surface area contributed by atoms with Crippen molar-refractivity contribution < 1.29 is 0 Å². The summed E-state index contributed by atoms with van der Waals surface area (Å²) in [6.07, 6.45) is 0. The maximum atomic E-state index is 6.78. The number of para-hydroxylation sites is 2. The van der Waals surface area contributed by atoms with Gasteiger partial charge in [-0.05, 0) is 70.8 Å². The van der Waals surface area contributed by atoms with Crippen molar-refractivity contribution in [2.24, 2.45) is 5.84 Å². The zero-order chi connectivity index (χ0) is 24.4. The van der Waals surface area contributed by atoms with Crippen LogP contribution < -0.4 is 10.9 Å². The Hall–Kier alpha value is -4.34. The largest absolute Gasteiger partial charge is 0.309 e. The molecule has 6 aromatic rings. The standard InChI is InChI=1S/C33H27N3/c1-33(2)29-14-8-6-12-25(29)26-18-16-24(21-30(26)33)36(34)23-17-19-32-28(20-23)27-13-7-9-15-31(27)35(32)22-10-4-3-5-11-22/h3-21H,34H2,1-2H3. The van der Waals surface area contributed by atoms with Gasteiger partial charge >= 0.3 is 0 Å². The minimum absolute atomic E-state index is 0.0597. The zero-order valence-corrected chi connectivity index (χ0v) is 20.4. The van der Waals surface area contributed by atoms with Crippen LogP contribution in [0.1, 0.15) is 25.0 Å². The highest BCUT2D eigenvalue weighted by Gasteiger charge is 2.35. The average molecular weight is 466 g/mol. The smallest absolute Gasteiger partial charge is 0.0582 e. The fraction of sp³-hybridized carbons (Fsp3) is 0.0909. The van der Waals surface area contributed by atoms with Crippen LogP contribution in [0.5, 0.6) is 0 Å². The summed E-state index contributed by atoms with van der Waals surface area (Å²) < 4.78 is 2.32. The molecule has 36 heavy (non-hydrogen) atoms. The predicted octanol–water partition coefficient (Wildman–Crippen LogP) is 8.10. The zero-order valence-electron chi connectivity index (χ0n) is 20.4. The van der Waals surface area contributed by atoms with Crippen molar-refractivity contribution >= 4 is 33.2 Å². The van der Waals surface area contributed by atoms with Gasteiger partial charge in [0.05, 0.1) is 22.4 Å². The molecule has 0 bridgehead atoms. The van der Waals surface area contributed by atoms with Crippen molar-refractivity contribution in [1.82, 2.24) is 4.57 Å². The highest BCUT2D eigenvalue weighted by atomic mass is 15.4. The van der Waals surface area contributed by atoms with Gasteiger partial charge < -0.3 is 4.57 Å². The molecular formula is C33H27N3. The highest BCUT2D eigenvalue weighted by molar-refractivity contribution is 6.10. The molecule has 174 valence electrons. The van der Waals surface area contributed by atoms with Gasteiger partial charge in [0.2, 0.25) is 0 Å². The fourth-order valence-corrected chi connectivity index (χ4v) is 5.96. The summed E-state index contributed by atoms with van der Waals surface area (Å²) in [5, 5.41) is 4.22. The number of anilines is 2. The number of benzene rings is 5. The summed E-state index contributed by atoms with van der Waals surface area (Å²) >= 11 is 0. The minimum Gasteiger partial charge on any atom is -0.309 e. The molecule has 1 aliphatic rings. The van der Waals surface area contributed by atoms with Crippen molar-refractivity contribution in [3.05, 3.63) is 126 Å². The van der Waals surface area contributed by atoms with Gasteiger partial charge in [-0.3, -0.25) is 5.01 Å². The molecule has 1 aromatic heterocycles. The van der Waals surface area contributed by atoms with Crippen molar-refractivity contribution in [2.45, 2.75) is 19.3 Å². The Morgan fingerprint density at radius 1 is 0.583 bits per heavy atom. The maximum absolute atomic E-state index is 6.78. The van der Waals surface area contributed by atoms with Crippen LogP contribution in [0.15, 0.2) is 115 Å². The summed E-state index contributed by atoms with van der Waals surface area (Å²) in [7, 11) is 0. The molecule has 3 nitrogen and oxygen atoms in total. The summed E-state index contributed by atoms with van der Waals surface area (Å²) in [6, 6.07) is 40.9. The normalized spacial score (nSPS) is 13.6. The van der Waals surface area contributed by atoms with Crippen LogP contribution in [0.4, 0.5) is 11.4 Å². The minimum atomic E-state index is -0.0597. The van der Waals surface area contributed by atoms with E-state index in [1.54, 1.807) is 0 Å². The first-order valence-corrected chi connectivity index (χ1v) is 12.4. The Morgan fingerprint density at radius 3 is 2.08 bits per heavy atom. The molecule has 3 heteroatoms. The summed E-state index contributed by atoms with van der Waals surface area (Å²) in [5.74, 6) is 6.78. The maximum Gasteiger partial charge on any atom is 0.0582 e. The number of nitrogens with zero attached hydrogens (tertiary/aromatic N) is 2. The molecule has 0 radical (unpaired) electrons. The molecule has 0 fully saturated rings. The van der Waals surface area contributed by atoms with Crippen molar-refractivity contribution in [2.75, 3.05) is 5.01 Å². The lowest BCUT2D eigenvalue weighted by Gasteiger charge is -2.24. The molecule has 5 aromatic carbocycles. The molecule has 1 aliphatic carbocycles. The molecule has 0 saturated heterocycles. The van der Waals surface area contributed by atoms with Gasteiger partial charge in [0.15, 0.2) is 0 Å². The molecule has 0 aliphatic heterocycles. The Labute approximate surface area is 211 Å². The first kappa shape index (κ1) is 21.0. The van der Waals surface area contributed by atoms with Crippen LogP contribution >= 0.6 is 0 Å². The summed E-state index contributed by atoms with van der Waals surface area (Å²) in [4.78, 5) is 0. The number of fused-ring (bicyclic) bond motifs is 6. The number of nitrogens with two attached hydrogens (primary N) is 1. The lowest BCUT2D eigenvalue weighted by Crippen LogP contribution is -2.25. The average Bonchev–Trinajstić information content (AvgIpc) is 3.37. The van der Waals surface area contributed by atoms with E-state index in [1.807, 2.05) is 5.01 Å². The van der Waals surface area contributed by atoms with Crippen molar-refractivity contribution in [1.29, 1.82) is 0 Å². The van der Waals surface area contributed by atoms with E-state index in [2.05, 4.69) is 134 Å². The van der Waals surface area contributed by atoms with Crippen LogP contribution in [0, 0.1) is 0 Å². The van der Waals surface area contributed by atoms with E-state index in [-0.39, 0.29) is 5.41 Å². The van der Waals surface area contributed by atoms with Gasteiger partial charge in [0.25, 0.3) is 0 Å². The van der Waals surface area contributed by atoms with Gasteiger partial charge in [-0.25, -0.2) is 5.84 Å². The molecule has 1 heterocycles. The van der Waals surface area contributed by atoms with Crippen LogP contribution in [0.2, 0.25) is 0 Å². The van der Waals surface area contributed by atoms with Crippen LogP contribution in [0.3, 0.4) is 0 Å². The Balaban J connectivity index is 1.36. The molecule has 0 saturated carbocycles. The Bertz CT molecular complexity index is 1780. The van der Waals surface area contributed by atoms with Crippen molar-refractivity contribution in [3.63, 3.8) is 0 Å². The fourth-order valence-electron chi connectivity index (χ4n) is 5.96. The lowest BCUT2D eigenvalue weighted by molar-refractivity contribution is 0.660. The van der Waals surface area contributed by atoms with E-state index in [9.17, 15) is 0 Å². The van der Waals surface area contributed by atoms with E-state index in [1.165, 1.54) is 44.1 Å². The number of aromatic nitrogens is 1. The van der Waals surface area contributed by atoms with Gasteiger partial charge in [-0.1, -0.05) is 80.6 Å². The van der Waals surface area contributed by atoms with Gasteiger partial charge in [0, 0.05) is 21.9 Å². The monoisotopic (exact) mass is 465 g/mol. The van der Waals surface area contributed by atoms with Gasteiger partial charge in [-0.15, -0.1) is 0 Å². The third kappa shape index (κ3) is 2.90. The SMILES string of the molecule is CC1(C)c2ccccc2-c2ccc(N(N)c3ccc4c(c3)c3ccccc3n4-c3ccccc3)cc21. The molecule has 7 rings (SSSR count). The molecule has 0 spiro atoms. The number of hydrazine groups is 1. The second-order valence-electron chi connectivity index (χ2n) is 10.2. The van der Waals surface area contributed by atoms with Crippen LogP contribution in [-0.2, 0) is 5.41 Å². The second-order valence-corrected chi connectivity index (χ2v) is 10.2. The molecule has 0 unspecified atom stereocenters. The molecular weight excluding hydrogens is 438 g/mol. The predicted molar refractivity (Wildman–Crippen MR) is 151 cm³/mol. The van der Waals surface area contributed by atoms with Gasteiger partial charge in [0.1, 0.15) is 0 Å². The highest BCUT2D eigenvalue weighted by Crippen LogP contribution is 2.49. The number of hydrogen-bond donors (Lipinski definition) is 1. The first-order valence-electron chi connectivity index (χ1n) is 12.4. The van der Waals surface area contributed by atoms with E-state index < -0.39 is 0 Å². The summed E-state index contributed by atoms with van der Waals surface area (Å²) in [5.41, 5.74) is 10.7.